The summed E-state index contributed by atoms with van der Waals surface area (Å²) in [6.07, 6.45) is 5.03. The van der Waals surface area contributed by atoms with Crippen LogP contribution in [0, 0.1) is 5.92 Å². The lowest BCUT2D eigenvalue weighted by Gasteiger charge is -2.45. The van der Waals surface area contributed by atoms with E-state index in [1.807, 2.05) is 35.2 Å². The van der Waals surface area contributed by atoms with Crippen molar-refractivity contribution >= 4 is 17.8 Å². The third kappa shape index (κ3) is 3.53. The van der Waals surface area contributed by atoms with Crippen LogP contribution in [0.4, 0.5) is 0 Å². The van der Waals surface area contributed by atoms with Gasteiger partial charge in [0, 0.05) is 6.04 Å². The van der Waals surface area contributed by atoms with E-state index in [1.54, 1.807) is 13.8 Å². The molecule has 6 heteroatoms. The minimum Gasteiger partial charge on any atom is -0.464 e. The third-order valence-electron chi connectivity index (χ3n) is 6.85. The van der Waals surface area contributed by atoms with Crippen LogP contribution in [-0.4, -0.2) is 58.4 Å². The molecule has 0 aromatic heterocycles. The molecule has 3 fully saturated rings. The topological polar surface area (TPSA) is 66.9 Å². The molecule has 0 radical (unpaired) electrons. The molecule has 0 bridgehead atoms. The van der Waals surface area contributed by atoms with Crippen molar-refractivity contribution in [1.82, 2.24) is 9.80 Å². The van der Waals surface area contributed by atoms with Crippen molar-refractivity contribution in [3.63, 3.8) is 0 Å². The van der Waals surface area contributed by atoms with Gasteiger partial charge in [0.05, 0.1) is 6.61 Å². The molecular weight excluding hydrogens is 368 g/mol. The molecule has 1 saturated carbocycles. The number of esters is 1. The molecule has 0 N–H and O–H groups in total. The molecule has 4 rings (SSSR count). The second kappa shape index (κ2) is 8.17. The van der Waals surface area contributed by atoms with Crippen molar-refractivity contribution in [2.45, 2.75) is 76.5 Å². The van der Waals surface area contributed by atoms with E-state index in [-0.39, 0.29) is 24.5 Å². The normalized spacial score (nSPS) is 29.6. The van der Waals surface area contributed by atoms with Crippen LogP contribution >= 0.6 is 0 Å². The first-order valence-electron chi connectivity index (χ1n) is 10.9. The molecule has 2 heterocycles. The summed E-state index contributed by atoms with van der Waals surface area (Å²) in [7, 11) is 0. The molecule has 5 atom stereocenters. The van der Waals surface area contributed by atoms with Crippen LogP contribution in [0.15, 0.2) is 30.3 Å². The SMILES string of the molecule is CCOC(=O)[C@H](CCc1ccccc1)N1C(=O)[C@H]2C[C@H]3CCC[C@H]3N2C(=O)C1C. The number of ether oxygens (including phenoxy) is 1. The molecule has 1 aromatic carbocycles. The van der Waals surface area contributed by atoms with E-state index in [1.165, 1.54) is 4.90 Å². The third-order valence-corrected chi connectivity index (χ3v) is 6.85. The lowest BCUT2D eigenvalue weighted by molar-refractivity contribution is -0.170. The van der Waals surface area contributed by atoms with Crippen LogP contribution in [0.2, 0.25) is 0 Å². The first kappa shape index (κ1) is 19.9. The number of carbonyl (C=O) groups is 3. The van der Waals surface area contributed by atoms with Gasteiger partial charge in [-0.3, -0.25) is 9.59 Å². The number of amides is 2. The summed E-state index contributed by atoms with van der Waals surface area (Å²) in [5.41, 5.74) is 1.10. The van der Waals surface area contributed by atoms with E-state index >= 15 is 0 Å². The Morgan fingerprint density at radius 3 is 2.66 bits per heavy atom. The summed E-state index contributed by atoms with van der Waals surface area (Å²) in [6.45, 7) is 3.77. The van der Waals surface area contributed by atoms with Gasteiger partial charge in [0.1, 0.15) is 18.1 Å². The fraction of sp³-hybridized carbons (Fsp3) is 0.609. The molecule has 1 unspecified atom stereocenters. The molecular formula is C23H30N2O4. The van der Waals surface area contributed by atoms with Crippen LogP contribution in [0.1, 0.15) is 51.5 Å². The summed E-state index contributed by atoms with van der Waals surface area (Å²) >= 11 is 0. The summed E-state index contributed by atoms with van der Waals surface area (Å²) < 4.78 is 5.31. The number of benzene rings is 1. The minimum atomic E-state index is -0.732. The standard InChI is InChI=1S/C23H30N2O4/c1-3-29-23(28)19(13-12-16-8-5-4-6-9-16)24-15(2)21(26)25-18-11-7-10-17(18)14-20(25)22(24)27/h4-6,8-9,15,17-20H,3,7,10-14H2,1-2H3/t15?,17-,18-,19+,20-/m1/s1. The molecule has 2 amide bonds. The van der Waals surface area contributed by atoms with Gasteiger partial charge in [0.15, 0.2) is 0 Å². The Kier molecular flexibility index (Phi) is 5.61. The number of piperazine rings is 1. The first-order chi connectivity index (χ1) is 14.0. The zero-order valence-corrected chi connectivity index (χ0v) is 17.3. The smallest absolute Gasteiger partial charge is 0.328 e. The second-order valence-corrected chi connectivity index (χ2v) is 8.47. The number of nitrogens with zero attached hydrogens (tertiary/aromatic N) is 2. The van der Waals surface area contributed by atoms with E-state index in [0.29, 0.717) is 18.8 Å². The summed E-state index contributed by atoms with van der Waals surface area (Å²) in [5, 5.41) is 0. The highest BCUT2D eigenvalue weighted by Crippen LogP contribution is 2.44. The molecule has 29 heavy (non-hydrogen) atoms. The Balaban J connectivity index is 1.58. The van der Waals surface area contributed by atoms with Crippen molar-refractivity contribution in [2.24, 2.45) is 5.92 Å². The van der Waals surface area contributed by atoms with Crippen LogP contribution in [0.25, 0.3) is 0 Å². The summed E-state index contributed by atoms with van der Waals surface area (Å²) in [5.74, 6) is -0.0934. The number of carbonyl (C=O) groups excluding carboxylic acids is 3. The van der Waals surface area contributed by atoms with Gasteiger partial charge in [-0.05, 0) is 57.4 Å². The summed E-state index contributed by atoms with van der Waals surface area (Å²) in [4.78, 5) is 42.9. The lowest BCUT2D eigenvalue weighted by Crippen LogP contribution is -2.66. The highest BCUT2D eigenvalue weighted by Gasteiger charge is 2.56. The van der Waals surface area contributed by atoms with Gasteiger partial charge < -0.3 is 14.5 Å². The van der Waals surface area contributed by atoms with Crippen molar-refractivity contribution in [3.05, 3.63) is 35.9 Å². The molecule has 6 nitrogen and oxygen atoms in total. The number of rotatable bonds is 6. The molecule has 0 spiro atoms. The monoisotopic (exact) mass is 398 g/mol. The van der Waals surface area contributed by atoms with Crippen LogP contribution < -0.4 is 0 Å². The molecule has 3 aliphatic rings. The quantitative estimate of drug-likeness (QED) is 0.691. The Morgan fingerprint density at radius 1 is 1.17 bits per heavy atom. The molecule has 2 saturated heterocycles. The Labute approximate surface area is 172 Å². The lowest BCUT2D eigenvalue weighted by atomic mass is 9.97. The van der Waals surface area contributed by atoms with E-state index in [4.69, 9.17) is 4.74 Å². The zero-order valence-electron chi connectivity index (χ0n) is 17.3. The zero-order chi connectivity index (χ0) is 20.5. The Bertz CT molecular complexity index is 780. The average Bonchev–Trinajstić information content (AvgIpc) is 3.31. The fourth-order valence-electron chi connectivity index (χ4n) is 5.50. The molecule has 1 aliphatic carbocycles. The van der Waals surface area contributed by atoms with Crippen LogP contribution in [0.3, 0.4) is 0 Å². The first-order valence-corrected chi connectivity index (χ1v) is 10.9. The van der Waals surface area contributed by atoms with Gasteiger partial charge in [-0.1, -0.05) is 36.8 Å². The van der Waals surface area contributed by atoms with Crippen molar-refractivity contribution in [1.29, 1.82) is 0 Å². The highest BCUT2D eigenvalue weighted by molar-refractivity contribution is 5.99. The maximum absolute atomic E-state index is 13.5. The van der Waals surface area contributed by atoms with E-state index in [2.05, 4.69) is 0 Å². The molecule has 2 aliphatic heterocycles. The van der Waals surface area contributed by atoms with Crippen molar-refractivity contribution in [2.75, 3.05) is 6.61 Å². The highest BCUT2D eigenvalue weighted by atomic mass is 16.5. The van der Waals surface area contributed by atoms with Crippen LogP contribution in [0.5, 0.6) is 0 Å². The molecule has 156 valence electrons. The predicted octanol–water partition coefficient (Wildman–Crippen LogP) is 2.55. The van der Waals surface area contributed by atoms with Crippen molar-refractivity contribution in [3.8, 4) is 0 Å². The van der Waals surface area contributed by atoms with Gasteiger partial charge >= 0.3 is 5.97 Å². The predicted molar refractivity (Wildman–Crippen MR) is 108 cm³/mol. The van der Waals surface area contributed by atoms with Crippen LogP contribution in [-0.2, 0) is 25.5 Å². The summed E-state index contributed by atoms with van der Waals surface area (Å²) in [6, 6.07) is 8.31. The van der Waals surface area contributed by atoms with E-state index in [0.717, 1.165) is 31.2 Å². The van der Waals surface area contributed by atoms with Gasteiger partial charge in [-0.2, -0.15) is 0 Å². The van der Waals surface area contributed by atoms with Gasteiger partial charge in [-0.25, -0.2) is 4.79 Å². The van der Waals surface area contributed by atoms with E-state index in [9.17, 15) is 14.4 Å². The largest absolute Gasteiger partial charge is 0.464 e. The molecule has 1 aromatic rings. The Hall–Kier alpha value is -2.37. The number of aryl methyl sites for hydroxylation is 1. The number of hydrogen-bond acceptors (Lipinski definition) is 4. The average molecular weight is 399 g/mol. The van der Waals surface area contributed by atoms with Gasteiger partial charge in [0.2, 0.25) is 11.8 Å². The maximum Gasteiger partial charge on any atom is 0.328 e. The van der Waals surface area contributed by atoms with Gasteiger partial charge in [0.25, 0.3) is 0 Å². The minimum absolute atomic E-state index is 0.0157. The van der Waals surface area contributed by atoms with Crippen molar-refractivity contribution < 1.29 is 19.1 Å². The number of hydrogen-bond donors (Lipinski definition) is 0. The Morgan fingerprint density at radius 2 is 1.93 bits per heavy atom. The second-order valence-electron chi connectivity index (χ2n) is 8.47. The van der Waals surface area contributed by atoms with E-state index < -0.39 is 24.1 Å². The number of fused-ring (bicyclic) bond motifs is 3. The maximum atomic E-state index is 13.5. The van der Waals surface area contributed by atoms with Gasteiger partial charge in [-0.15, -0.1) is 0 Å². The fourth-order valence-corrected chi connectivity index (χ4v) is 5.50.